The SMILES string of the molecule is CN(CC(=O)NC1CCNCC1)C(=O)c1ccc(Br)o1. The molecule has 1 aromatic heterocycles. The molecule has 110 valence electrons. The van der Waals surface area contributed by atoms with Crippen molar-refractivity contribution in [3.63, 3.8) is 0 Å². The minimum absolute atomic E-state index is 0.0289. The molecule has 1 aliphatic heterocycles. The molecule has 1 fully saturated rings. The highest BCUT2D eigenvalue weighted by molar-refractivity contribution is 9.10. The van der Waals surface area contributed by atoms with E-state index >= 15 is 0 Å². The normalized spacial score (nSPS) is 15.9. The van der Waals surface area contributed by atoms with Crippen molar-refractivity contribution in [2.45, 2.75) is 18.9 Å². The molecule has 0 saturated carbocycles. The Kier molecular flexibility index (Phi) is 5.19. The summed E-state index contributed by atoms with van der Waals surface area (Å²) in [4.78, 5) is 25.3. The van der Waals surface area contributed by atoms with Gasteiger partial charge in [0.2, 0.25) is 5.91 Å². The third kappa shape index (κ3) is 4.08. The predicted molar refractivity (Wildman–Crippen MR) is 77.4 cm³/mol. The summed E-state index contributed by atoms with van der Waals surface area (Å²) in [5.41, 5.74) is 0. The molecule has 0 atom stereocenters. The quantitative estimate of drug-likeness (QED) is 0.854. The van der Waals surface area contributed by atoms with Crippen molar-refractivity contribution in [2.24, 2.45) is 0 Å². The molecule has 20 heavy (non-hydrogen) atoms. The van der Waals surface area contributed by atoms with Gasteiger partial charge >= 0.3 is 0 Å². The topological polar surface area (TPSA) is 74.6 Å². The number of hydrogen-bond donors (Lipinski definition) is 2. The number of rotatable bonds is 4. The van der Waals surface area contributed by atoms with Crippen LogP contribution in [0.1, 0.15) is 23.4 Å². The third-order valence-corrected chi connectivity index (χ3v) is 3.64. The maximum atomic E-state index is 12.0. The smallest absolute Gasteiger partial charge is 0.289 e. The maximum absolute atomic E-state index is 12.0. The van der Waals surface area contributed by atoms with E-state index in [4.69, 9.17) is 4.42 Å². The van der Waals surface area contributed by atoms with E-state index in [9.17, 15) is 9.59 Å². The molecule has 0 radical (unpaired) electrons. The Balaban J connectivity index is 1.82. The van der Waals surface area contributed by atoms with Crippen LogP contribution in [0.15, 0.2) is 21.2 Å². The molecule has 0 aliphatic carbocycles. The highest BCUT2D eigenvalue weighted by Crippen LogP contribution is 2.15. The zero-order valence-electron chi connectivity index (χ0n) is 11.3. The molecule has 1 aliphatic rings. The average molecular weight is 344 g/mol. The van der Waals surface area contributed by atoms with Crippen LogP contribution < -0.4 is 10.6 Å². The summed E-state index contributed by atoms with van der Waals surface area (Å²) in [6, 6.07) is 3.43. The number of furan rings is 1. The van der Waals surface area contributed by atoms with Gasteiger partial charge in [-0.05, 0) is 54.0 Å². The first-order valence-corrected chi connectivity index (χ1v) is 7.36. The molecule has 2 N–H and O–H groups in total. The summed E-state index contributed by atoms with van der Waals surface area (Å²) in [5, 5.41) is 6.19. The van der Waals surface area contributed by atoms with E-state index in [-0.39, 0.29) is 30.2 Å². The molecule has 0 unspecified atom stereocenters. The first kappa shape index (κ1) is 15.1. The predicted octanol–water partition coefficient (Wildman–Crippen LogP) is 0.982. The summed E-state index contributed by atoms with van der Waals surface area (Å²) >= 11 is 3.14. The Labute approximate surface area is 126 Å². The van der Waals surface area contributed by atoms with E-state index in [1.54, 1.807) is 19.2 Å². The first-order chi connectivity index (χ1) is 9.56. The molecule has 0 spiro atoms. The Morgan fingerprint density at radius 3 is 2.75 bits per heavy atom. The number of hydrogen-bond acceptors (Lipinski definition) is 4. The minimum atomic E-state index is -0.309. The van der Waals surface area contributed by atoms with Crippen LogP contribution in [0.5, 0.6) is 0 Å². The molecular formula is C13H18BrN3O3. The van der Waals surface area contributed by atoms with Gasteiger partial charge in [-0.25, -0.2) is 0 Å². The monoisotopic (exact) mass is 343 g/mol. The lowest BCUT2D eigenvalue weighted by Crippen LogP contribution is -2.46. The number of nitrogens with zero attached hydrogens (tertiary/aromatic N) is 1. The number of piperidine rings is 1. The first-order valence-electron chi connectivity index (χ1n) is 6.57. The number of likely N-dealkylation sites (N-methyl/N-ethyl adjacent to an activating group) is 1. The van der Waals surface area contributed by atoms with Crippen LogP contribution in [0.2, 0.25) is 0 Å². The van der Waals surface area contributed by atoms with Crippen LogP contribution >= 0.6 is 15.9 Å². The second kappa shape index (κ2) is 6.90. The highest BCUT2D eigenvalue weighted by Gasteiger charge is 2.20. The van der Waals surface area contributed by atoms with Crippen LogP contribution in [0.4, 0.5) is 0 Å². The number of halogens is 1. The van der Waals surface area contributed by atoms with Crippen LogP contribution in [-0.4, -0.2) is 49.4 Å². The van der Waals surface area contributed by atoms with Gasteiger partial charge in [0.1, 0.15) is 0 Å². The Hall–Kier alpha value is -1.34. The van der Waals surface area contributed by atoms with Gasteiger partial charge in [0.05, 0.1) is 6.54 Å². The van der Waals surface area contributed by atoms with Crippen molar-refractivity contribution in [1.82, 2.24) is 15.5 Å². The van der Waals surface area contributed by atoms with Crippen LogP contribution in [0.25, 0.3) is 0 Å². The van der Waals surface area contributed by atoms with Gasteiger partial charge in [-0.15, -0.1) is 0 Å². The Morgan fingerprint density at radius 2 is 2.15 bits per heavy atom. The van der Waals surface area contributed by atoms with Crippen LogP contribution in [0, 0.1) is 0 Å². The lowest BCUT2D eigenvalue weighted by Gasteiger charge is -2.24. The number of carbonyl (C=O) groups is 2. The molecular weight excluding hydrogens is 326 g/mol. The van der Waals surface area contributed by atoms with Crippen molar-refractivity contribution in [1.29, 1.82) is 0 Å². The summed E-state index contributed by atoms with van der Waals surface area (Å²) in [6.07, 6.45) is 1.85. The van der Waals surface area contributed by atoms with Gasteiger partial charge in [-0.3, -0.25) is 9.59 Å². The summed E-state index contributed by atoms with van der Waals surface area (Å²) in [7, 11) is 1.58. The van der Waals surface area contributed by atoms with Gasteiger partial charge < -0.3 is 20.0 Å². The van der Waals surface area contributed by atoms with Crippen LogP contribution in [-0.2, 0) is 4.79 Å². The van der Waals surface area contributed by atoms with Crippen LogP contribution in [0.3, 0.4) is 0 Å². The second-order valence-electron chi connectivity index (χ2n) is 4.86. The molecule has 6 nitrogen and oxygen atoms in total. The fraction of sp³-hybridized carbons (Fsp3) is 0.538. The standard InChI is InChI=1S/C13H18BrN3O3/c1-17(13(19)10-2-3-11(14)20-10)8-12(18)16-9-4-6-15-7-5-9/h2-3,9,15H,4-8H2,1H3,(H,16,18). The number of amides is 2. The lowest BCUT2D eigenvalue weighted by atomic mass is 10.1. The van der Waals surface area contributed by atoms with E-state index < -0.39 is 0 Å². The molecule has 2 amide bonds. The summed E-state index contributed by atoms with van der Waals surface area (Å²) in [6.45, 7) is 1.86. The molecule has 2 rings (SSSR count). The molecule has 7 heteroatoms. The maximum Gasteiger partial charge on any atom is 0.289 e. The summed E-state index contributed by atoms with van der Waals surface area (Å²) < 4.78 is 5.68. The van der Waals surface area contributed by atoms with Gasteiger partial charge in [0, 0.05) is 13.1 Å². The molecule has 1 aromatic rings. The van der Waals surface area contributed by atoms with E-state index in [2.05, 4.69) is 26.6 Å². The lowest BCUT2D eigenvalue weighted by molar-refractivity contribution is -0.122. The molecule has 0 bridgehead atoms. The fourth-order valence-electron chi connectivity index (χ4n) is 2.14. The van der Waals surface area contributed by atoms with E-state index in [1.807, 2.05) is 0 Å². The van der Waals surface area contributed by atoms with E-state index in [0.29, 0.717) is 4.67 Å². The Bertz CT molecular complexity index is 483. The van der Waals surface area contributed by atoms with E-state index in [0.717, 1.165) is 25.9 Å². The molecule has 1 saturated heterocycles. The average Bonchev–Trinajstić information content (AvgIpc) is 2.85. The number of nitrogens with one attached hydrogen (secondary N) is 2. The van der Waals surface area contributed by atoms with Crippen molar-refractivity contribution in [3.8, 4) is 0 Å². The molecule has 2 heterocycles. The number of carbonyl (C=O) groups excluding carboxylic acids is 2. The van der Waals surface area contributed by atoms with Crippen molar-refractivity contribution < 1.29 is 14.0 Å². The van der Waals surface area contributed by atoms with Gasteiger partial charge in [0.15, 0.2) is 10.4 Å². The fourth-order valence-corrected chi connectivity index (χ4v) is 2.45. The van der Waals surface area contributed by atoms with Crippen molar-refractivity contribution in [3.05, 3.63) is 22.6 Å². The van der Waals surface area contributed by atoms with Crippen molar-refractivity contribution >= 4 is 27.7 Å². The van der Waals surface area contributed by atoms with Gasteiger partial charge in [0.25, 0.3) is 5.91 Å². The second-order valence-corrected chi connectivity index (χ2v) is 5.64. The van der Waals surface area contributed by atoms with E-state index in [1.165, 1.54) is 4.90 Å². The van der Waals surface area contributed by atoms with Crippen molar-refractivity contribution in [2.75, 3.05) is 26.7 Å². The van der Waals surface area contributed by atoms with Gasteiger partial charge in [-0.2, -0.15) is 0 Å². The zero-order valence-corrected chi connectivity index (χ0v) is 12.9. The minimum Gasteiger partial charge on any atom is -0.444 e. The zero-order chi connectivity index (χ0) is 14.5. The van der Waals surface area contributed by atoms with Gasteiger partial charge in [-0.1, -0.05) is 0 Å². The summed E-state index contributed by atoms with van der Waals surface area (Å²) in [5.74, 6) is -0.233. The largest absolute Gasteiger partial charge is 0.444 e. The third-order valence-electron chi connectivity index (χ3n) is 3.22. The Morgan fingerprint density at radius 1 is 1.45 bits per heavy atom. The molecule has 0 aromatic carbocycles. The highest BCUT2D eigenvalue weighted by atomic mass is 79.9.